The van der Waals surface area contributed by atoms with Gasteiger partial charge in [-0.15, -0.1) is 0 Å². The minimum atomic E-state index is 0.0790. The zero-order valence-electron chi connectivity index (χ0n) is 12.0. The molecule has 0 bridgehead atoms. The predicted molar refractivity (Wildman–Crippen MR) is 76.7 cm³/mol. The molecule has 0 unspecified atom stereocenters. The van der Waals surface area contributed by atoms with Crippen LogP contribution in [0.4, 0.5) is 0 Å². The number of hydrogen-bond donors (Lipinski definition) is 1. The summed E-state index contributed by atoms with van der Waals surface area (Å²) in [6, 6.07) is 8.79. The van der Waals surface area contributed by atoms with Gasteiger partial charge in [-0.25, -0.2) is 0 Å². The highest BCUT2D eigenvalue weighted by Gasteiger charge is 2.05. The van der Waals surface area contributed by atoms with Crippen LogP contribution in [0, 0.1) is 5.92 Å². The molecule has 2 nitrogen and oxygen atoms in total. The number of benzene rings is 1. The molecule has 1 rings (SSSR count). The van der Waals surface area contributed by atoms with E-state index in [0.29, 0.717) is 5.92 Å². The van der Waals surface area contributed by atoms with Crippen molar-refractivity contribution >= 4 is 5.91 Å². The van der Waals surface area contributed by atoms with E-state index in [9.17, 15) is 4.79 Å². The maximum atomic E-state index is 11.4. The van der Waals surface area contributed by atoms with E-state index in [1.807, 2.05) is 13.8 Å². The Morgan fingerprint density at radius 3 is 2.22 bits per heavy atom. The van der Waals surface area contributed by atoms with Crippen LogP contribution in [-0.4, -0.2) is 12.5 Å². The van der Waals surface area contributed by atoms with E-state index in [1.54, 1.807) is 0 Å². The summed E-state index contributed by atoms with van der Waals surface area (Å²) in [5.41, 5.74) is 2.73. The number of amides is 1. The first-order valence-electron chi connectivity index (χ1n) is 6.87. The van der Waals surface area contributed by atoms with Crippen molar-refractivity contribution in [2.45, 2.75) is 46.5 Å². The lowest BCUT2D eigenvalue weighted by Gasteiger charge is -2.09. The van der Waals surface area contributed by atoms with Gasteiger partial charge in [0.15, 0.2) is 0 Å². The van der Waals surface area contributed by atoms with E-state index < -0.39 is 0 Å². The average Bonchev–Trinajstić information content (AvgIpc) is 2.34. The predicted octanol–water partition coefficient (Wildman–Crippen LogP) is 3.51. The van der Waals surface area contributed by atoms with E-state index in [1.165, 1.54) is 11.1 Å². The zero-order chi connectivity index (χ0) is 13.5. The minimum absolute atomic E-state index is 0.0790. The van der Waals surface area contributed by atoms with Crippen molar-refractivity contribution < 1.29 is 4.79 Å². The topological polar surface area (TPSA) is 29.1 Å². The second kappa shape index (κ2) is 7.20. The van der Waals surface area contributed by atoms with Crippen LogP contribution in [0.3, 0.4) is 0 Å². The molecule has 0 aliphatic heterocycles. The molecule has 1 amide bonds. The molecular weight excluding hydrogens is 222 g/mol. The fraction of sp³-hybridized carbons (Fsp3) is 0.562. The van der Waals surface area contributed by atoms with Gasteiger partial charge >= 0.3 is 0 Å². The van der Waals surface area contributed by atoms with E-state index in [-0.39, 0.29) is 11.8 Å². The quantitative estimate of drug-likeness (QED) is 0.766. The Hall–Kier alpha value is -1.31. The average molecular weight is 247 g/mol. The molecule has 1 aromatic carbocycles. The minimum Gasteiger partial charge on any atom is -0.356 e. The van der Waals surface area contributed by atoms with Crippen LogP contribution in [0.15, 0.2) is 24.3 Å². The summed E-state index contributed by atoms with van der Waals surface area (Å²) in [6.45, 7) is 9.01. The fourth-order valence-electron chi connectivity index (χ4n) is 1.78. The first-order valence-corrected chi connectivity index (χ1v) is 6.87. The summed E-state index contributed by atoms with van der Waals surface area (Å²) in [6.07, 6.45) is 2.02. The van der Waals surface area contributed by atoms with Gasteiger partial charge in [-0.1, -0.05) is 52.0 Å². The highest BCUT2D eigenvalue weighted by atomic mass is 16.1. The van der Waals surface area contributed by atoms with E-state index in [4.69, 9.17) is 0 Å². The Balaban J connectivity index is 2.29. The smallest absolute Gasteiger partial charge is 0.222 e. The Kier molecular flexibility index (Phi) is 5.90. The van der Waals surface area contributed by atoms with Crippen LogP contribution < -0.4 is 5.32 Å². The van der Waals surface area contributed by atoms with E-state index in [0.717, 1.165) is 19.4 Å². The highest BCUT2D eigenvalue weighted by Crippen LogP contribution is 2.15. The monoisotopic (exact) mass is 247 g/mol. The van der Waals surface area contributed by atoms with Crippen molar-refractivity contribution in [3.05, 3.63) is 35.4 Å². The van der Waals surface area contributed by atoms with E-state index >= 15 is 0 Å². The molecule has 1 N–H and O–H groups in total. The first kappa shape index (κ1) is 14.7. The molecule has 1 aromatic rings. The van der Waals surface area contributed by atoms with Crippen molar-refractivity contribution in [2.24, 2.45) is 5.92 Å². The summed E-state index contributed by atoms with van der Waals surface area (Å²) >= 11 is 0. The summed E-state index contributed by atoms with van der Waals surface area (Å²) in [5, 5.41) is 2.94. The number of rotatable bonds is 6. The highest BCUT2D eigenvalue weighted by molar-refractivity contribution is 5.77. The normalized spacial score (nSPS) is 11.0. The Bertz CT molecular complexity index is 365. The standard InChI is InChI=1S/C16H25NO/c1-12(2)15-9-7-14(8-10-15)6-5-11-17-16(18)13(3)4/h7-10,12-13H,5-6,11H2,1-4H3,(H,17,18). The third kappa shape index (κ3) is 4.91. The molecule has 0 aliphatic carbocycles. The van der Waals surface area contributed by atoms with Crippen LogP contribution in [0.25, 0.3) is 0 Å². The lowest BCUT2D eigenvalue weighted by molar-refractivity contribution is -0.123. The SMILES string of the molecule is CC(C)C(=O)NCCCc1ccc(C(C)C)cc1. The molecule has 0 atom stereocenters. The largest absolute Gasteiger partial charge is 0.356 e. The Morgan fingerprint density at radius 1 is 1.11 bits per heavy atom. The maximum Gasteiger partial charge on any atom is 0.222 e. The molecule has 2 heteroatoms. The zero-order valence-corrected chi connectivity index (χ0v) is 12.0. The van der Waals surface area contributed by atoms with Crippen LogP contribution in [0.5, 0.6) is 0 Å². The van der Waals surface area contributed by atoms with Gasteiger partial charge in [0.05, 0.1) is 0 Å². The molecule has 0 aromatic heterocycles. The maximum absolute atomic E-state index is 11.4. The van der Waals surface area contributed by atoms with Gasteiger partial charge in [-0.2, -0.15) is 0 Å². The van der Waals surface area contributed by atoms with Gasteiger partial charge in [0.1, 0.15) is 0 Å². The molecule has 100 valence electrons. The third-order valence-electron chi connectivity index (χ3n) is 3.11. The molecule has 0 saturated carbocycles. The van der Waals surface area contributed by atoms with Gasteiger partial charge in [0.2, 0.25) is 5.91 Å². The molecule has 0 radical (unpaired) electrons. The molecule has 0 aliphatic rings. The lowest BCUT2D eigenvalue weighted by atomic mass is 10.0. The Labute approximate surface area is 111 Å². The Morgan fingerprint density at radius 2 is 1.72 bits per heavy atom. The van der Waals surface area contributed by atoms with Crippen LogP contribution in [-0.2, 0) is 11.2 Å². The lowest BCUT2D eigenvalue weighted by Crippen LogP contribution is -2.28. The molecule has 0 heterocycles. The number of nitrogens with one attached hydrogen (secondary N) is 1. The third-order valence-corrected chi connectivity index (χ3v) is 3.11. The van der Waals surface area contributed by atoms with Crippen LogP contribution >= 0.6 is 0 Å². The fourth-order valence-corrected chi connectivity index (χ4v) is 1.78. The van der Waals surface area contributed by atoms with Crippen molar-refractivity contribution in [3.8, 4) is 0 Å². The molecule has 0 spiro atoms. The second-order valence-corrected chi connectivity index (χ2v) is 5.45. The van der Waals surface area contributed by atoms with Gasteiger partial charge < -0.3 is 5.32 Å². The van der Waals surface area contributed by atoms with Crippen molar-refractivity contribution in [2.75, 3.05) is 6.54 Å². The van der Waals surface area contributed by atoms with E-state index in [2.05, 4.69) is 43.4 Å². The summed E-state index contributed by atoms with van der Waals surface area (Å²) < 4.78 is 0. The molecule has 0 saturated heterocycles. The summed E-state index contributed by atoms with van der Waals surface area (Å²) in [7, 11) is 0. The second-order valence-electron chi connectivity index (χ2n) is 5.45. The van der Waals surface area contributed by atoms with Crippen molar-refractivity contribution in [1.29, 1.82) is 0 Å². The van der Waals surface area contributed by atoms with Gasteiger partial charge in [0, 0.05) is 12.5 Å². The van der Waals surface area contributed by atoms with Crippen LogP contribution in [0.1, 0.15) is 51.2 Å². The molecule has 0 fully saturated rings. The van der Waals surface area contributed by atoms with Gasteiger partial charge in [-0.05, 0) is 29.9 Å². The van der Waals surface area contributed by atoms with Crippen molar-refractivity contribution in [3.63, 3.8) is 0 Å². The van der Waals surface area contributed by atoms with Crippen LogP contribution in [0.2, 0.25) is 0 Å². The molecular formula is C16H25NO. The summed E-state index contributed by atoms with van der Waals surface area (Å²) in [4.78, 5) is 11.4. The number of carbonyl (C=O) groups excluding carboxylic acids is 1. The van der Waals surface area contributed by atoms with Gasteiger partial charge in [0.25, 0.3) is 0 Å². The van der Waals surface area contributed by atoms with Crippen molar-refractivity contribution in [1.82, 2.24) is 5.32 Å². The first-order chi connectivity index (χ1) is 8.50. The molecule has 18 heavy (non-hydrogen) atoms. The number of aryl methyl sites for hydroxylation is 1. The number of hydrogen-bond acceptors (Lipinski definition) is 1. The number of carbonyl (C=O) groups is 1. The summed E-state index contributed by atoms with van der Waals surface area (Å²) in [5.74, 6) is 0.810. The van der Waals surface area contributed by atoms with Gasteiger partial charge in [-0.3, -0.25) is 4.79 Å².